The second-order valence-corrected chi connectivity index (χ2v) is 9.24. The van der Waals surface area contributed by atoms with E-state index in [0.29, 0.717) is 11.1 Å². The zero-order valence-corrected chi connectivity index (χ0v) is 18.9. The molecule has 0 saturated carbocycles. The number of fused-ring (bicyclic) bond motifs is 5. The molecule has 1 atom stereocenters. The molecule has 4 aromatic carbocycles. The summed E-state index contributed by atoms with van der Waals surface area (Å²) in [5.41, 5.74) is 4.41. The van der Waals surface area contributed by atoms with Crippen molar-refractivity contribution in [1.82, 2.24) is 4.57 Å². The van der Waals surface area contributed by atoms with Crippen molar-refractivity contribution in [2.24, 2.45) is 0 Å². The maximum absolute atomic E-state index is 13.2. The molecule has 1 unspecified atom stereocenters. The number of ketones is 2. The summed E-state index contributed by atoms with van der Waals surface area (Å²) in [6.45, 7) is 0. The molecule has 166 valence electrons. The largest absolute Gasteiger partial charge is 0.333 e. The van der Waals surface area contributed by atoms with Crippen LogP contribution in [-0.2, 0) is 0 Å². The van der Waals surface area contributed by atoms with Crippen molar-refractivity contribution in [3.8, 4) is 0 Å². The SMILES string of the molecule is O=C1C(=Cc2ccc3c(c2)c2ccccc2n3C2C=CC=CC2)C(=O)c2cc3ccccc3cc21. The highest BCUT2D eigenvalue weighted by Gasteiger charge is 2.33. The number of hydrogen-bond acceptors (Lipinski definition) is 2. The standard InChI is InChI=1S/C32H21NO2/c34-31-26-18-21-8-4-5-9-22(21)19-27(26)32(35)28(31)17-20-14-15-30-25(16-20)24-12-6-7-13-29(24)33(30)23-10-2-1-3-11-23/h1-10,12-19,23H,11H2. The van der Waals surface area contributed by atoms with E-state index in [1.54, 1.807) is 6.08 Å². The Morgan fingerprint density at radius 1 is 0.714 bits per heavy atom. The van der Waals surface area contributed by atoms with Gasteiger partial charge in [0.1, 0.15) is 0 Å². The number of Topliss-reactive ketones (excluding diaryl/α,β-unsaturated/α-hetero) is 2. The van der Waals surface area contributed by atoms with Crippen LogP contribution in [0.5, 0.6) is 0 Å². The van der Waals surface area contributed by atoms with Gasteiger partial charge in [0.2, 0.25) is 0 Å². The van der Waals surface area contributed by atoms with Crippen LogP contribution in [0.1, 0.15) is 38.7 Å². The lowest BCUT2D eigenvalue weighted by Gasteiger charge is -2.18. The van der Waals surface area contributed by atoms with Gasteiger partial charge in [-0.3, -0.25) is 9.59 Å². The lowest BCUT2D eigenvalue weighted by molar-refractivity contribution is 0.0990. The van der Waals surface area contributed by atoms with Crippen LogP contribution in [0, 0.1) is 0 Å². The van der Waals surface area contributed by atoms with E-state index < -0.39 is 0 Å². The van der Waals surface area contributed by atoms with Crippen molar-refractivity contribution < 1.29 is 9.59 Å². The van der Waals surface area contributed by atoms with Crippen molar-refractivity contribution >= 4 is 50.2 Å². The molecule has 2 aliphatic rings. The maximum atomic E-state index is 13.2. The second kappa shape index (κ2) is 7.51. The minimum atomic E-state index is -0.197. The third-order valence-electron chi connectivity index (χ3n) is 7.20. The zero-order valence-electron chi connectivity index (χ0n) is 18.9. The molecule has 0 radical (unpaired) electrons. The summed E-state index contributed by atoms with van der Waals surface area (Å²) in [5.74, 6) is -0.394. The van der Waals surface area contributed by atoms with E-state index in [0.717, 1.165) is 33.7 Å². The van der Waals surface area contributed by atoms with Crippen LogP contribution in [0.25, 0.3) is 38.7 Å². The van der Waals surface area contributed by atoms with Gasteiger partial charge in [0.15, 0.2) is 11.6 Å². The van der Waals surface area contributed by atoms with Crippen molar-refractivity contribution in [2.75, 3.05) is 0 Å². The summed E-state index contributed by atoms with van der Waals surface area (Å²) >= 11 is 0. The molecule has 0 aliphatic heterocycles. The quantitative estimate of drug-likeness (QED) is 0.206. The smallest absolute Gasteiger partial charge is 0.197 e. The number of rotatable bonds is 2. The van der Waals surface area contributed by atoms with Gasteiger partial charge in [-0.2, -0.15) is 0 Å². The van der Waals surface area contributed by atoms with Gasteiger partial charge in [0.05, 0.1) is 11.6 Å². The predicted molar refractivity (Wildman–Crippen MR) is 142 cm³/mol. The number of aromatic nitrogens is 1. The highest BCUT2D eigenvalue weighted by molar-refractivity contribution is 6.42. The van der Waals surface area contributed by atoms with Gasteiger partial charge < -0.3 is 4.57 Å². The molecule has 0 fully saturated rings. The first kappa shape index (κ1) is 19.9. The lowest BCUT2D eigenvalue weighted by atomic mass is 10.0. The monoisotopic (exact) mass is 451 g/mol. The predicted octanol–water partition coefficient (Wildman–Crippen LogP) is 7.47. The van der Waals surface area contributed by atoms with Crippen LogP contribution in [0.3, 0.4) is 0 Å². The molecular formula is C32H21NO2. The number of carbonyl (C=O) groups is 2. The van der Waals surface area contributed by atoms with E-state index in [1.165, 1.54) is 10.9 Å². The molecule has 35 heavy (non-hydrogen) atoms. The van der Waals surface area contributed by atoms with E-state index in [-0.39, 0.29) is 23.2 Å². The first-order valence-electron chi connectivity index (χ1n) is 11.9. The molecule has 1 aromatic heterocycles. The van der Waals surface area contributed by atoms with Crippen LogP contribution < -0.4 is 0 Å². The molecule has 7 rings (SSSR count). The minimum absolute atomic E-state index is 0.197. The highest BCUT2D eigenvalue weighted by Crippen LogP contribution is 2.36. The Bertz CT molecular complexity index is 1760. The lowest BCUT2D eigenvalue weighted by Crippen LogP contribution is -2.06. The molecule has 1 heterocycles. The van der Waals surface area contributed by atoms with Crippen molar-refractivity contribution in [3.05, 3.63) is 125 Å². The summed E-state index contributed by atoms with van der Waals surface area (Å²) in [5, 5.41) is 4.23. The van der Waals surface area contributed by atoms with Gasteiger partial charge in [-0.25, -0.2) is 0 Å². The first-order valence-corrected chi connectivity index (χ1v) is 11.9. The molecular weight excluding hydrogens is 430 g/mol. The first-order chi connectivity index (χ1) is 17.2. The van der Waals surface area contributed by atoms with Crippen molar-refractivity contribution in [2.45, 2.75) is 12.5 Å². The Morgan fingerprint density at radius 3 is 2.11 bits per heavy atom. The van der Waals surface area contributed by atoms with E-state index in [1.807, 2.05) is 42.5 Å². The van der Waals surface area contributed by atoms with Gasteiger partial charge in [0.25, 0.3) is 0 Å². The number of para-hydroxylation sites is 1. The van der Waals surface area contributed by atoms with Gasteiger partial charge in [-0.05, 0) is 59.2 Å². The van der Waals surface area contributed by atoms with Crippen LogP contribution in [0.4, 0.5) is 0 Å². The average Bonchev–Trinajstić information content (AvgIpc) is 3.35. The maximum Gasteiger partial charge on any atom is 0.197 e. The molecule has 5 aromatic rings. The number of hydrogen-bond donors (Lipinski definition) is 0. The zero-order chi connectivity index (χ0) is 23.5. The van der Waals surface area contributed by atoms with Crippen LogP contribution in [0.15, 0.2) is 109 Å². The number of nitrogens with zero attached hydrogens (tertiary/aromatic N) is 1. The fourth-order valence-electron chi connectivity index (χ4n) is 5.53. The van der Waals surface area contributed by atoms with Crippen molar-refractivity contribution in [1.29, 1.82) is 0 Å². The second-order valence-electron chi connectivity index (χ2n) is 9.24. The number of allylic oxidation sites excluding steroid dienone is 5. The highest BCUT2D eigenvalue weighted by atomic mass is 16.2. The average molecular weight is 452 g/mol. The molecule has 3 nitrogen and oxygen atoms in total. The molecule has 0 spiro atoms. The molecule has 0 amide bonds. The Morgan fingerprint density at radius 2 is 1.40 bits per heavy atom. The Kier molecular flexibility index (Phi) is 4.27. The van der Waals surface area contributed by atoms with E-state index in [4.69, 9.17) is 0 Å². The molecule has 0 saturated heterocycles. The van der Waals surface area contributed by atoms with E-state index in [2.05, 4.69) is 65.3 Å². The van der Waals surface area contributed by atoms with Gasteiger partial charge >= 0.3 is 0 Å². The Labute approximate surface area is 202 Å². The fraction of sp³-hybridized carbons (Fsp3) is 0.0625. The number of carbonyl (C=O) groups excluding carboxylic acids is 2. The van der Waals surface area contributed by atoms with Gasteiger partial charge in [-0.15, -0.1) is 0 Å². The molecule has 0 bridgehead atoms. The van der Waals surface area contributed by atoms with Crippen LogP contribution >= 0.6 is 0 Å². The summed E-state index contributed by atoms with van der Waals surface area (Å²) in [4.78, 5) is 26.5. The van der Waals surface area contributed by atoms with Crippen molar-refractivity contribution in [3.63, 3.8) is 0 Å². The van der Waals surface area contributed by atoms with Crippen LogP contribution in [-0.4, -0.2) is 16.1 Å². The normalized spacial score (nSPS) is 17.1. The topological polar surface area (TPSA) is 39.1 Å². The summed E-state index contributed by atoms with van der Waals surface area (Å²) in [7, 11) is 0. The molecule has 3 heteroatoms. The van der Waals surface area contributed by atoms with Gasteiger partial charge in [0, 0.05) is 32.9 Å². The van der Waals surface area contributed by atoms with Gasteiger partial charge in [-0.1, -0.05) is 72.8 Å². The molecule has 0 N–H and O–H groups in total. The molecule has 2 aliphatic carbocycles. The minimum Gasteiger partial charge on any atom is -0.333 e. The third-order valence-corrected chi connectivity index (χ3v) is 7.20. The Balaban J connectivity index is 1.37. The summed E-state index contributed by atoms with van der Waals surface area (Å²) in [6, 6.07) is 26.4. The third kappa shape index (κ3) is 2.98. The van der Waals surface area contributed by atoms with Crippen LogP contribution in [0.2, 0.25) is 0 Å². The summed E-state index contributed by atoms with van der Waals surface area (Å²) in [6.07, 6.45) is 11.3. The Hall–Kier alpha value is -4.50. The number of benzene rings is 4. The van der Waals surface area contributed by atoms with E-state index >= 15 is 0 Å². The summed E-state index contributed by atoms with van der Waals surface area (Å²) < 4.78 is 2.38. The van der Waals surface area contributed by atoms with E-state index in [9.17, 15) is 9.59 Å². The fourth-order valence-corrected chi connectivity index (χ4v) is 5.53.